The lowest BCUT2D eigenvalue weighted by molar-refractivity contribution is 0.102. The smallest absolute Gasteiger partial charge is 0.262 e. The van der Waals surface area contributed by atoms with Crippen LogP contribution in [0, 0.1) is 0 Å². The summed E-state index contributed by atoms with van der Waals surface area (Å²) in [5, 5.41) is 11.3. The summed E-state index contributed by atoms with van der Waals surface area (Å²) in [6.07, 6.45) is 7.39. The third kappa shape index (κ3) is 4.59. The van der Waals surface area contributed by atoms with E-state index in [0.29, 0.717) is 41.3 Å². The molecule has 5 heterocycles. The van der Waals surface area contributed by atoms with Gasteiger partial charge in [-0.15, -0.1) is 10.2 Å². The zero-order chi connectivity index (χ0) is 22.8. The van der Waals surface area contributed by atoms with Gasteiger partial charge < -0.3 is 19.5 Å². The third-order valence-electron chi connectivity index (χ3n) is 6.58. The average Bonchev–Trinajstić information content (AvgIpc) is 3.32. The minimum Gasteiger partial charge on any atom is -0.477 e. The Kier molecular flexibility index (Phi) is 6.04. The maximum Gasteiger partial charge on any atom is 0.262 e. The quantitative estimate of drug-likeness (QED) is 0.609. The van der Waals surface area contributed by atoms with E-state index in [0.717, 1.165) is 44.3 Å². The van der Waals surface area contributed by atoms with Crippen LogP contribution in [0.25, 0.3) is 11.5 Å². The largest absolute Gasteiger partial charge is 0.477 e. The van der Waals surface area contributed by atoms with E-state index in [1.807, 2.05) is 29.0 Å². The van der Waals surface area contributed by atoms with Crippen molar-refractivity contribution in [2.45, 2.75) is 44.6 Å². The predicted molar refractivity (Wildman–Crippen MR) is 124 cm³/mol. The Morgan fingerprint density at radius 1 is 1.18 bits per heavy atom. The molecule has 172 valence electrons. The molecule has 9 heteroatoms. The van der Waals surface area contributed by atoms with Crippen molar-refractivity contribution in [1.82, 2.24) is 29.6 Å². The molecule has 0 unspecified atom stereocenters. The standard InChI is InChI=1S/C24H29N7O2/c1-16-5-4-12-33-24-19(13-18(14-25-24)17-8-10-30(2)11-9-17)23(32)28-21-7-3-6-20(27-21)22-29-26-15-31(16)22/h3,6-7,13-17H,4-5,8-12H2,1-2H3,(H,27,28,32)/t16-/m0/s1. The molecule has 0 aliphatic carbocycles. The molecule has 9 nitrogen and oxygen atoms in total. The van der Waals surface area contributed by atoms with Gasteiger partial charge in [-0.3, -0.25) is 4.79 Å². The Balaban J connectivity index is 1.49. The van der Waals surface area contributed by atoms with Gasteiger partial charge in [0.2, 0.25) is 5.88 Å². The summed E-state index contributed by atoms with van der Waals surface area (Å²) in [7, 11) is 2.14. The van der Waals surface area contributed by atoms with Crippen molar-refractivity contribution in [3.05, 3.63) is 47.9 Å². The Hall–Kier alpha value is -3.33. The van der Waals surface area contributed by atoms with E-state index < -0.39 is 0 Å². The molecule has 1 saturated heterocycles. The summed E-state index contributed by atoms with van der Waals surface area (Å²) < 4.78 is 8.01. The lowest BCUT2D eigenvalue weighted by atomic mass is 9.90. The summed E-state index contributed by atoms with van der Waals surface area (Å²) in [6, 6.07) is 7.64. The lowest BCUT2D eigenvalue weighted by Gasteiger charge is -2.29. The molecule has 3 aromatic rings. The molecule has 0 saturated carbocycles. The van der Waals surface area contributed by atoms with Crippen LogP contribution in [-0.2, 0) is 0 Å². The van der Waals surface area contributed by atoms with Crippen LogP contribution in [0.3, 0.4) is 0 Å². The van der Waals surface area contributed by atoms with Crippen molar-refractivity contribution in [3.8, 4) is 17.4 Å². The number of anilines is 1. The number of likely N-dealkylation sites (tertiary alicyclic amines) is 1. The van der Waals surface area contributed by atoms with Gasteiger partial charge in [0.25, 0.3) is 5.91 Å². The summed E-state index contributed by atoms with van der Waals surface area (Å²) in [5.41, 5.74) is 2.21. The average molecular weight is 448 g/mol. The Morgan fingerprint density at radius 3 is 2.88 bits per heavy atom. The van der Waals surface area contributed by atoms with Crippen LogP contribution in [0.1, 0.15) is 60.5 Å². The van der Waals surface area contributed by atoms with Gasteiger partial charge in [-0.2, -0.15) is 0 Å². The molecule has 5 rings (SSSR count). The molecule has 0 aromatic carbocycles. The molecular formula is C24H29N7O2. The van der Waals surface area contributed by atoms with Gasteiger partial charge in [0.05, 0.1) is 6.61 Å². The molecule has 2 aliphatic rings. The maximum atomic E-state index is 13.3. The number of rotatable bonds is 1. The molecule has 0 radical (unpaired) electrons. The fourth-order valence-corrected chi connectivity index (χ4v) is 4.56. The van der Waals surface area contributed by atoms with Crippen molar-refractivity contribution < 1.29 is 9.53 Å². The number of hydrogen-bond donors (Lipinski definition) is 1. The van der Waals surface area contributed by atoms with E-state index in [1.165, 1.54) is 0 Å². The summed E-state index contributed by atoms with van der Waals surface area (Å²) in [6.45, 7) is 4.70. The highest BCUT2D eigenvalue weighted by Gasteiger charge is 2.23. The number of aromatic nitrogens is 5. The first-order valence-corrected chi connectivity index (χ1v) is 11.6. The van der Waals surface area contributed by atoms with E-state index in [9.17, 15) is 4.79 Å². The SMILES string of the molecule is C[C@H]1CCCOc2ncc(C3CCN(C)CC3)cc2C(=O)Nc2cccc(n2)-c2nncn21. The molecule has 2 aliphatic heterocycles. The molecule has 1 amide bonds. The zero-order valence-corrected chi connectivity index (χ0v) is 19.1. The van der Waals surface area contributed by atoms with Crippen molar-refractivity contribution in [2.24, 2.45) is 0 Å². The fraction of sp³-hybridized carbons (Fsp3) is 0.458. The first-order chi connectivity index (χ1) is 16.1. The van der Waals surface area contributed by atoms with Crippen LogP contribution in [0.15, 0.2) is 36.8 Å². The Labute approximate surface area is 193 Å². The topological polar surface area (TPSA) is 98.1 Å². The van der Waals surface area contributed by atoms with Gasteiger partial charge >= 0.3 is 0 Å². The van der Waals surface area contributed by atoms with E-state index >= 15 is 0 Å². The van der Waals surface area contributed by atoms with Crippen LogP contribution in [0.5, 0.6) is 5.88 Å². The second-order valence-electron chi connectivity index (χ2n) is 8.96. The van der Waals surface area contributed by atoms with E-state index in [4.69, 9.17) is 4.74 Å². The Morgan fingerprint density at radius 2 is 2.03 bits per heavy atom. The molecular weight excluding hydrogens is 418 g/mol. The number of pyridine rings is 2. The minimum atomic E-state index is -0.274. The number of nitrogens with zero attached hydrogens (tertiary/aromatic N) is 6. The monoisotopic (exact) mass is 447 g/mol. The van der Waals surface area contributed by atoms with Gasteiger partial charge in [-0.05, 0) is 82.4 Å². The van der Waals surface area contributed by atoms with Crippen LogP contribution >= 0.6 is 0 Å². The van der Waals surface area contributed by atoms with Crippen LogP contribution in [0.2, 0.25) is 0 Å². The molecule has 33 heavy (non-hydrogen) atoms. The van der Waals surface area contributed by atoms with Gasteiger partial charge in [-0.1, -0.05) is 6.07 Å². The first kappa shape index (κ1) is 21.5. The van der Waals surface area contributed by atoms with Gasteiger partial charge in [-0.25, -0.2) is 9.97 Å². The number of amides is 1. The Bertz CT molecular complexity index is 1140. The van der Waals surface area contributed by atoms with Crippen LogP contribution < -0.4 is 10.1 Å². The van der Waals surface area contributed by atoms with Crippen molar-refractivity contribution in [1.29, 1.82) is 0 Å². The fourth-order valence-electron chi connectivity index (χ4n) is 4.56. The summed E-state index contributed by atoms with van der Waals surface area (Å²) in [4.78, 5) is 24.8. The molecule has 1 fully saturated rings. The number of carbonyl (C=O) groups is 1. The van der Waals surface area contributed by atoms with Gasteiger partial charge in [0, 0.05) is 12.2 Å². The summed E-state index contributed by atoms with van der Waals surface area (Å²) >= 11 is 0. The van der Waals surface area contributed by atoms with Crippen molar-refractivity contribution in [3.63, 3.8) is 0 Å². The second kappa shape index (κ2) is 9.27. The second-order valence-corrected chi connectivity index (χ2v) is 8.96. The van der Waals surface area contributed by atoms with Crippen LogP contribution in [0.4, 0.5) is 5.82 Å². The predicted octanol–water partition coefficient (Wildman–Crippen LogP) is 3.53. The van der Waals surface area contributed by atoms with E-state index in [1.54, 1.807) is 12.4 Å². The maximum absolute atomic E-state index is 13.3. The van der Waals surface area contributed by atoms with Crippen molar-refractivity contribution in [2.75, 3.05) is 32.1 Å². The number of carbonyl (C=O) groups excluding carboxylic acids is 1. The number of fused-ring (bicyclic) bond motifs is 5. The molecule has 0 spiro atoms. The zero-order valence-electron chi connectivity index (χ0n) is 19.1. The van der Waals surface area contributed by atoms with Gasteiger partial charge in [0.1, 0.15) is 23.4 Å². The molecule has 3 aromatic heterocycles. The van der Waals surface area contributed by atoms with Gasteiger partial charge in [0.15, 0.2) is 5.82 Å². The molecule has 1 atom stereocenters. The molecule has 2 bridgehead atoms. The van der Waals surface area contributed by atoms with E-state index in [2.05, 4.69) is 44.4 Å². The lowest BCUT2D eigenvalue weighted by Crippen LogP contribution is -2.29. The highest BCUT2D eigenvalue weighted by molar-refractivity contribution is 6.05. The highest BCUT2D eigenvalue weighted by Crippen LogP contribution is 2.31. The normalized spacial score (nSPS) is 20.2. The molecule has 1 N–H and O–H groups in total. The number of nitrogens with one attached hydrogen (secondary N) is 1. The number of hydrogen-bond acceptors (Lipinski definition) is 7. The first-order valence-electron chi connectivity index (χ1n) is 11.6. The third-order valence-corrected chi connectivity index (χ3v) is 6.58. The summed E-state index contributed by atoms with van der Waals surface area (Å²) in [5.74, 6) is 1.63. The van der Waals surface area contributed by atoms with Crippen molar-refractivity contribution >= 4 is 11.7 Å². The number of piperidine rings is 1. The highest BCUT2D eigenvalue weighted by atomic mass is 16.5. The van der Waals surface area contributed by atoms with Crippen LogP contribution in [-0.4, -0.2) is 62.3 Å². The number of ether oxygens (including phenoxy) is 1. The van der Waals surface area contributed by atoms with E-state index in [-0.39, 0.29) is 11.9 Å². The minimum absolute atomic E-state index is 0.181.